The molecule has 0 unspecified atom stereocenters. The van der Waals surface area contributed by atoms with Gasteiger partial charge in [-0.3, -0.25) is 0 Å². The minimum atomic E-state index is 0.154. The van der Waals surface area contributed by atoms with E-state index >= 15 is 0 Å². The summed E-state index contributed by atoms with van der Waals surface area (Å²) >= 11 is 0. The number of phenols is 1. The lowest BCUT2D eigenvalue weighted by molar-refractivity contribution is 0.461. The molecule has 0 amide bonds. The second-order valence-corrected chi connectivity index (χ2v) is 5.30. The summed E-state index contributed by atoms with van der Waals surface area (Å²) in [6, 6.07) is 4.24. The van der Waals surface area contributed by atoms with Crippen LogP contribution in [0.5, 0.6) is 5.75 Å². The van der Waals surface area contributed by atoms with Gasteiger partial charge in [0.1, 0.15) is 5.75 Å². The molecule has 0 heterocycles. The summed E-state index contributed by atoms with van der Waals surface area (Å²) in [6.07, 6.45) is 2.02. The predicted octanol–water partition coefficient (Wildman–Crippen LogP) is 3.95. The molecule has 0 atom stereocenters. The number of benzene rings is 1. The largest absolute Gasteiger partial charge is 0.507 e. The number of phenolic OH excluding ortho intramolecular Hbond substituents is 1. The number of hydrogen-bond acceptors (Lipinski definition) is 1. The molecular weight excluding hydrogens is 184 g/mol. The van der Waals surface area contributed by atoms with Crippen molar-refractivity contribution < 1.29 is 5.11 Å². The topological polar surface area (TPSA) is 20.2 Å². The Labute approximate surface area is 93.1 Å². The van der Waals surface area contributed by atoms with E-state index in [1.54, 1.807) is 0 Å². The minimum absolute atomic E-state index is 0.154. The van der Waals surface area contributed by atoms with Crippen molar-refractivity contribution in [1.82, 2.24) is 0 Å². The van der Waals surface area contributed by atoms with Crippen LogP contribution >= 0.6 is 0 Å². The third-order valence-electron chi connectivity index (χ3n) is 2.76. The van der Waals surface area contributed by atoms with E-state index in [1.807, 2.05) is 6.92 Å². The van der Waals surface area contributed by atoms with Crippen molar-refractivity contribution in [1.29, 1.82) is 0 Å². The van der Waals surface area contributed by atoms with Gasteiger partial charge < -0.3 is 5.11 Å². The first-order valence-corrected chi connectivity index (χ1v) is 5.69. The molecular formula is C14H22O. The van der Waals surface area contributed by atoms with Gasteiger partial charge in [0.2, 0.25) is 0 Å². The van der Waals surface area contributed by atoms with Crippen LogP contribution in [0.3, 0.4) is 0 Å². The van der Waals surface area contributed by atoms with Crippen LogP contribution in [0.15, 0.2) is 12.1 Å². The maximum Gasteiger partial charge on any atom is 0.121 e. The van der Waals surface area contributed by atoms with Gasteiger partial charge in [0.05, 0.1) is 0 Å². The van der Waals surface area contributed by atoms with Gasteiger partial charge in [-0.1, -0.05) is 46.2 Å². The number of rotatable bonds is 2. The van der Waals surface area contributed by atoms with E-state index in [2.05, 4.69) is 39.8 Å². The monoisotopic (exact) mass is 206 g/mol. The second kappa shape index (κ2) is 4.26. The average molecular weight is 206 g/mol. The molecule has 0 aliphatic carbocycles. The van der Waals surface area contributed by atoms with E-state index in [-0.39, 0.29) is 5.41 Å². The molecule has 1 aromatic rings. The molecule has 84 valence electrons. The zero-order valence-corrected chi connectivity index (χ0v) is 10.5. The highest BCUT2D eigenvalue weighted by molar-refractivity contribution is 5.45. The van der Waals surface area contributed by atoms with Gasteiger partial charge in [0.25, 0.3) is 0 Å². The van der Waals surface area contributed by atoms with Gasteiger partial charge in [0, 0.05) is 0 Å². The molecule has 15 heavy (non-hydrogen) atoms. The summed E-state index contributed by atoms with van der Waals surface area (Å²) in [7, 11) is 0. The van der Waals surface area contributed by atoms with Crippen LogP contribution in [0.2, 0.25) is 0 Å². The summed E-state index contributed by atoms with van der Waals surface area (Å²) < 4.78 is 0. The molecule has 0 saturated heterocycles. The lowest BCUT2D eigenvalue weighted by Gasteiger charge is -2.21. The van der Waals surface area contributed by atoms with Crippen molar-refractivity contribution in [3.63, 3.8) is 0 Å². The molecule has 0 radical (unpaired) electrons. The van der Waals surface area contributed by atoms with E-state index in [0.717, 1.165) is 24.0 Å². The quantitative estimate of drug-likeness (QED) is 0.776. The summed E-state index contributed by atoms with van der Waals surface area (Å²) in [5.41, 5.74) is 3.54. The van der Waals surface area contributed by atoms with Gasteiger partial charge in [-0.2, -0.15) is 0 Å². The van der Waals surface area contributed by atoms with Crippen molar-refractivity contribution in [3.05, 3.63) is 28.8 Å². The second-order valence-electron chi connectivity index (χ2n) is 5.30. The third-order valence-corrected chi connectivity index (χ3v) is 2.76. The first-order valence-electron chi connectivity index (χ1n) is 5.69. The molecule has 0 spiro atoms. The molecule has 0 saturated carbocycles. The predicted molar refractivity (Wildman–Crippen MR) is 65.5 cm³/mol. The van der Waals surface area contributed by atoms with Crippen molar-refractivity contribution in [3.8, 4) is 5.75 Å². The van der Waals surface area contributed by atoms with Crippen molar-refractivity contribution in [2.75, 3.05) is 0 Å². The van der Waals surface area contributed by atoms with E-state index < -0.39 is 0 Å². The van der Waals surface area contributed by atoms with Gasteiger partial charge in [-0.25, -0.2) is 0 Å². The lowest BCUT2D eigenvalue weighted by Crippen LogP contribution is -2.12. The van der Waals surface area contributed by atoms with Crippen molar-refractivity contribution in [2.45, 2.75) is 52.9 Å². The van der Waals surface area contributed by atoms with Gasteiger partial charge in [-0.05, 0) is 35.4 Å². The standard InChI is InChI=1S/C14H22O/c1-6-7-11-9-12(14(3,4)5)8-10(2)13(11)15/h8-9,15H,6-7H2,1-5H3. The summed E-state index contributed by atoms with van der Waals surface area (Å²) in [4.78, 5) is 0. The molecule has 0 aliphatic rings. The zero-order chi connectivity index (χ0) is 11.6. The Morgan fingerprint density at radius 3 is 2.27 bits per heavy atom. The maximum absolute atomic E-state index is 9.92. The molecule has 1 nitrogen and oxygen atoms in total. The molecule has 0 aromatic heterocycles. The molecule has 0 bridgehead atoms. The third kappa shape index (κ3) is 2.74. The van der Waals surface area contributed by atoms with Crippen molar-refractivity contribution >= 4 is 0 Å². The minimum Gasteiger partial charge on any atom is -0.507 e. The molecule has 1 aromatic carbocycles. The fraction of sp³-hybridized carbons (Fsp3) is 0.571. The fourth-order valence-electron chi connectivity index (χ4n) is 1.75. The highest BCUT2D eigenvalue weighted by atomic mass is 16.3. The summed E-state index contributed by atoms with van der Waals surface area (Å²) in [6.45, 7) is 10.7. The molecule has 1 N–H and O–H groups in total. The highest BCUT2D eigenvalue weighted by Gasteiger charge is 2.16. The average Bonchev–Trinajstić information content (AvgIpc) is 2.11. The number of hydrogen-bond donors (Lipinski definition) is 1. The van der Waals surface area contributed by atoms with Gasteiger partial charge in [-0.15, -0.1) is 0 Å². The summed E-state index contributed by atoms with van der Waals surface area (Å²) in [5.74, 6) is 0.477. The summed E-state index contributed by atoms with van der Waals surface area (Å²) in [5, 5.41) is 9.92. The Bertz CT molecular complexity index is 345. The zero-order valence-electron chi connectivity index (χ0n) is 10.5. The first kappa shape index (κ1) is 12.1. The highest BCUT2D eigenvalue weighted by Crippen LogP contribution is 2.31. The van der Waals surface area contributed by atoms with Crippen LogP contribution in [0, 0.1) is 6.92 Å². The molecule has 1 heteroatoms. The fourth-order valence-corrected chi connectivity index (χ4v) is 1.75. The molecule has 0 fully saturated rings. The molecule has 1 rings (SSSR count). The SMILES string of the molecule is CCCc1cc(C(C)(C)C)cc(C)c1O. The Balaban J connectivity index is 3.23. The van der Waals surface area contributed by atoms with Gasteiger partial charge >= 0.3 is 0 Å². The Morgan fingerprint density at radius 1 is 1.20 bits per heavy atom. The molecule has 0 aliphatic heterocycles. The van der Waals surface area contributed by atoms with Crippen LogP contribution < -0.4 is 0 Å². The first-order chi connectivity index (χ1) is 6.86. The van der Waals surface area contributed by atoms with E-state index in [1.165, 1.54) is 5.56 Å². The Morgan fingerprint density at radius 2 is 1.80 bits per heavy atom. The van der Waals surface area contributed by atoms with E-state index in [9.17, 15) is 5.11 Å². The normalized spacial score (nSPS) is 11.8. The van der Waals surface area contributed by atoms with Crippen LogP contribution in [0.4, 0.5) is 0 Å². The van der Waals surface area contributed by atoms with Crippen LogP contribution in [0.1, 0.15) is 50.8 Å². The van der Waals surface area contributed by atoms with Crippen LogP contribution in [-0.2, 0) is 11.8 Å². The van der Waals surface area contributed by atoms with Crippen LogP contribution in [0.25, 0.3) is 0 Å². The smallest absolute Gasteiger partial charge is 0.121 e. The van der Waals surface area contributed by atoms with Crippen LogP contribution in [-0.4, -0.2) is 5.11 Å². The van der Waals surface area contributed by atoms with E-state index in [0.29, 0.717) is 5.75 Å². The Hall–Kier alpha value is -0.980. The Kier molecular flexibility index (Phi) is 3.43. The van der Waals surface area contributed by atoms with Gasteiger partial charge in [0.15, 0.2) is 0 Å². The lowest BCUT2D eigenvalue weighted by atomic mass is 9.84. The van der Waals surface area contributed by atoms with E-state index in [4.69, 9.17) is 0 Å². The maximum atomic E-state index is 9.92. The van der Waals surface area contributed by atoms with Crippen molar-refractivity contribution in [2.24, 2.45) is 0 Å². The number of aromatic hydroxyl groups is 1. The number of aryl methyl sites for hydroxylation is 2.